The van der Waals surface area contributed by atoms with E-state index in [-0.39, 0.29) is 0 Å². The first-order chi connectivity index (χ1) is 17.7. The zero-order valence-corrected chi connectivity index (χ0v) is 19.9. The van der Waals surface area contributed by atoms with Crippen LogP contribution in [0.2, 0.25) is 0 Å². The lowest BCUT2D eigenvalue weighted by Gasteiger charge is -2.12. The van der Waals surface area contributed by atoms with Gasteiger partial charge < -0.3 is 20.5 Å². The summed E-state index contributed by atoms with van der Waals surface area (Å²) in [7, 11) is 0. The molecular weight excluding hydrogens is 485 g/mol. The van der Waals surface area contributed by atoms with Gasteiger partial charge in [-0.25, -0.2) is 0 Å². The number of rotatable bonds is 9. The maximum Gasteiger partial charge on any atom is 0.416 e. The van der Waals surface area contributed by atoms with Gasteiger partial charge in [0.05, 0.1) is 23.5 Å². The number of hydrogen-bond acceptors (Lipinski definition) is 4. The summed E-state index contributed by atoms with van der Waals surface area (Å²) in [6.07, 6.45) is -0.0965. The monoisotopic (exact) mass is 510 g/mol. The molecule has 6 nitrogen and oxygen atoms in total. The Balaban J connectivity index is 1.86. The minimum absolute atomic E-state index is 0.318. The number of anilines is 2. The summed E-state index contributed by atoms with van der Waals surface area (Å²) in [5.41, 5.74) is 1.72. The van der Waals surface area contributed by atoms with Gasteiger partial charge in [-0.2, -0.15) is 13.2 Å². The number of para-hydroxylation sites is 2. The van der Waals surface area contributed by atoms with Gasteiger partial charge in [-0.15, -0.1) is 0 Å². The molecule has 0 saturated heterocycles. The molecule has 3 aromatic rings. The summed E-state index contributed by atoms with van der Waals surface area (Å²) in [5, 5.41) is 14.1. The molecule has 0 fully saturated rings. The molecule has 0 saturated carbocycles. The second kappa shape index (κ2) is 12.5. The summed E-state index contributed by atoms with van der Waals surface area (Å²) < 4.78 is 44.5. The maximum absolute atomic E-state index is 13.0. The first-order valence-electron chi connectivity index (χ1n) is 11.3. The lowest BCUT2D eigenvalue weighted by molar-refractivity contribution is -0.137. The Bertz CT molecular complexity index is 1280. The van der Waals surface area contributed by atoms with Gasteiger partial charge in [-0.3, -0.25) is 9.59 Å². The number of halogens is 3. The van der Waals surface area contributed by atoms with Crippen LogP contribution in [-0.4, -0.2) is 30.1 Å². The molecule has 0 bridgehead atoms. The van der Waals surface area contributed by atoms with Gasteiger partial charge in [0.15, 0.2) is 0 Å². The van der Waals surface area contributed by atoms with Crippen molar-refractivity contribution < 1.29 is 32.6 Å². The van der Waals surface area contributed by atoms with Crippen LogP contribution in [0.4, 0.5) is 24.5 Å². The second-order valence-corrected chi connectivity index (χ2v) is 7.71. The first-order valence-corrected chi connectivity index (χ1v) is 11.3. The fraction of sp³-hybridized carbons (Fsp3) is 0.143. The van der Waals surface area contributed by atoms with E-state index in [0.29, 0.717) is 40.4 Å². The van der Waals surface area contributed by atoms with Crippen molar-refractivity contribution in [3.63, 3.8) is 0 Å². The molecule has 0 spiro atoms. The van der Waals surface area contributed by atoms with Gasteiger partial charge in [0.25, 0.3) is 0 Å². The van der Waals surface area contributed by atoms with E-state index >= 15 is 0 Å². The van der Waals surface area contributed by atoms with Crippen LogP contribution in [0, 0.1) is 0 Å². The van der Waals surface area contributed by atoms with E-state index in [1.807, 2.05) is 6.92 Å². The zero-order valence-electron chi connectivity index (χ0n) is 19.9. The number of ether oxygens (including phenoxy) is 1. The number of nitrogens with one attached hydrogen (secondary N) is 2. The molecule has 0 aliphatic rings. The molecule has 0 aliphatic heterocycles. The van der Waals surface area contributed by atoms with Crippen molar-refractivity contribution in [3.05, 3.63) is 108 Å². The molecule has 0 heterocycles. The zero-order chi connectivity index (χ0) is 26.8. The summed E-state index contributed by atoms with van der Waals surface area (Å²) >= 11 is 0. The predicted molar refractivity (Wildman–Crippen MR) is 136 cm³/mol. The first kappa shape index (κ1) is 27.2. The van der Waals surface area contributed by atoms with Crippen LogP contribution < -0.4 is 15.4 Å². The van der Waals surface area contributed by atoms with Crippen molar-refractivity contribution in [1.29, 1.82) is 0 Å². The van der Waals surface area contributed by atoms with Gasteiger partial charge in [0, 0.05) is 6.08 Å². The average Bonchev–Trinajstić information content (AvgIpc) is 2.88. The Kier molecular flexibility index (Phi) is 9.23. The molecule has 3 aromatic carbocycles. The normalized spacial score (nSPS) is 11.9. The molecule has 0 radical (unpaired) electrons. The van der Waals surface area contributed by atoms with E-state index in [4.69, 9.17) is 9.84 Å². The molecule has 0 atom stereocenters. The molecule has 9 heteroatoms. The smallest absolute Gasteiger partial charge is 0.416 e. The van der Waals surface area contributed by atoms with Crippen molar-refractivity contribution in [1.82, 2.24) is 0 Å². The molecule has 3 rings (SSSR count). The molecule has 3 N–H and O–H groups in total. The summed E-state index contributed by atoms with van der Waals surface area (Å²) in [5.74, 6) is -0.475. The number of aliphatic hydroxyl groups excluding tert-OH is 1. The largest absolute Gasteiger partial charge is 0.494 e. The van der Waals surface area contributed by atoms with E-state index in [9.17, 15) is 22.8 Å². The lowest BCUT2D eigenvalue weighted by atomic mass is 9.96. The Morgan fingerprint density at radius 2 is 1.46 bits per heavy atom. The van der Waals surface area contributed by atoms with Crippen LogP contribution in [-0.2, 0) is 15.8 Å². The third-order valence-electron chi connectivity index (χ3n) is 5.11. The van der Waals surface area contributed by atoms with Gasteiger partial charge in [-0.05, 0) is 60.0 Å². The summed E-state index contributed by atoms with van der Waals surface area (Å²) in [6, 6.07) is 18.3. The number of benzene rings is 3. The molecule has 37 heavy (non-hydrogen) atoms. The van der Waals surface area contributed by atoms with E-state index < -0.39 is 30.2 Å². The van der Waals surface area contributed by atoms with Gasteiger partial charge in [0.2, 0.25) is 11.8 Å². The van der Waals surface area contributed by atoms with Crippen LogP contribution in [0.3, 0.4) is 0 Å². The third kappa shape index (κ3) is 7.81. The Labute approximate surface area is 212 Å². The molecule has 192 valence electrons. The van der Waals surface area contributed by atoms with Crippen LogP contribution in [0.25, 0.3) is 5.57 Å². The van der Waals surface area contributed by atoms with Gasteiger partial charge in [0.1, 0.15) is 12.4 Å². The fourth-order valence-electron chi connectivity index (χ4n) is 3.39. The highest BCUT2D eigenvalue weighted by atomic mass is 19.4. The van der Waals surface area contributed by atoms with Crippen LogP contribution >= 0.6 is 0 Å². The Morgan fingerprint density at radius 3 is 2.00 bits per heavy atom. The summed E-state index contributed by atoms with van der Waals surface area (Å²) in [4.78, 5) is 24.0. The highest BCUT2D eigenvalue weighted by molar-refractivity contribution is 6.04. The van der Waals surface area contributed by atoms with Crippen LogP contribution in [0.15, 0.2) is 91.0 Å². The highest BCUT2D eigenvalue weighted by Crippen LogP contribution is 2.32. The Morgan fingerprint density at radius 1 is 0.892 bits per heavy atom. The minimum Gasteiger partial charge on any atom is -0.494 e. The van der Waals surface area contributed by atoms with Gasteiger partial charge >= 0.3 is 6.18 Å². The van der Waals surface area contributed by atoms with E-state index in [1.54, 1.807) is 54.6 Å². The van der Waals surface area contributed by atoms with E-state index in [2.05, 4.69) is 10.6 Å². The van der Waals surface area contributed by atoms with Crippen LogP contribution in [0.1, 0.15) is 23.6 Å². The number of aliphatic hydroxyl groups is 1. The highest BCUT2D eigenvalue weighted by Gasteiger charge is 2.30. The van der Waals surface area contributed by atoms with Crippen molar-refractivity contribution in [3.8, 4) is 5.75 Å². The number of amides is 2. The minimum atomic E-state index is -4.45. The standard InChI is InChI=1S/C28H25F3N2O4/c1-2-37-22-16-12-20(13-17-22)23(19-10-14-21(15-11-19)28(29,30)31)6-5-9-26(35)32-24-7-3-4-8-25(24)33-27(36)18-34/h3-17,34H,2,18H2,1H3,(H,32,35)(H,33,36)/b9-5+,23-6-. The Hall–Kier alpha value is -4.37. The molecule has 2 amide bonds. The number of allylic oxidation sites excluding steroid dienone is 2. The average molecular weight is 511 g/mol. The van der Waals surface area contributed by atoms with Crippen molar-refractivity contribution in [2.75, 3.05) is 23.8 Å². The molecule has 0 aromatic heterocycles. The maximum atomic E-state index is 13.0. The van der Waals surface area contributed by atoms with E-state index in [1.165, 1.54) is 24.3 Å². The summed E-state index contributed by atoms with van der Waals surface area (Å²) in [6.45, 7) is 1.65. The SMILES string of the molecule is CCOc1ccc(/C(=C\C=C\C(=O)Nc2ccccc2NC(=O)CO)c2ccc(C(F)(F)F)cc2)cc1. The topological polar surface area (TPSA) is 87.7 Å². The molecule has 0 aliphatic carbocycles. The number of carbonyl (C=O) groups excluding carboxylic acids is 2. The van der Waals surface area contributed by atoms with Crippen LogP contribution in [0.5, 0.6) is 5.75 Å². The van der Waals surface area contributed by atoms with Gasteiger partial charge in [-0.1, -0.05) is 48.6 Å². The molecular formula is C28H25F3N2O4. The number of alkyl halides is 3. The lowest BCUT2D eigenvalue weighted by Crippen LogP contribution is -2.17. The second-order valence-electron chi connectivity index (χ2n) is 7.71. The third-order valence-corrected chi connectivity index (χ3v) is 5.11. The molecule has 0 unspecified atom stereocenters. The van der Waals surface area contributed by atoms with Crippen molar-refractivity contribution >= 4 is 28.8 Å². The van der Waals surface area contributed by atoms with Crippen molar-refractivity contribution in [2.45, 2.75) is 13.1 Å². The van der Waals surface area contributed by atoms with Crippen molar-refractivity contribution in [2.24, 2.45) is 0 Å². The quantitative estimate of drug-likeness (QED) is 0.256. The number of carbonyl (C=O) groups is 2. The predicted octanol–water partition coefficient (Wildman–Crippen LogP) is 5.66. The fourth-order valence-corrected chi connectivity index (χ4v) is 3.39. The van der Waals surface area contributed by atoms with E-state index in [0.717, 1.165) is 12.1 Å². The number of hydrogen-bond donors (Lipinski definition) is 3.